The lowest BCUT2D eigenvalue weighted by Crippen LogP contribution is -2.14. The Morgan fingerprint density at radius 1 is 1.33 bits per heavy atom. The zero-order valence-corrected chi connectivity index (χ0v) is 11.7. The van der Waals surface area contributed by atoms with E-state index < -0.39 is 5.91 Å². The third-order valence-electron chi connectivity index (χ3n) is 2.77. The summed E-state index contributed by atoms with van der Waals surface area (Å²) in [6, 6.07) is 12.3. The Kier molecular flexibility index (Phi) is 4.42. The fourth-order valence-electron chi connectivity index (χ4n) is 1.76. The Morgan fingerprint density at radius 2 is 2.10 bits per heavy atom. The van der Waals surface area contributed by atoms with Gasteiger partial charge in [0.15, 0.2) is 0 Å². The summed E-state index contributed by atoms with van der Waals surface area (Å²) < 4.78 is 10.5. The van der Waals surface area contributed by atoms with Crippen LogP contribution in [0.4, 0.5) is 5.69 Å². The smallest absolute Gasteiger partial charge is 0.266 e. The minimum Gasteiger partial charge on any atom is -0.495 e. The van der Waals surface area contributed by atoms with E-state index in [1.54, 1.807) is 43.3 Å². The van der Waals surface area contributed by atoms with Crippen molar-refractivity contribution in [3.8, 4) is 11.8 Å². The highest BCUT2D eigenvalue weighted by atomic mass is 16.5. The Labute approximate surface area is 122 Å². The molecule has 1 aromatic heterocycles. The van der Waals surface area contributed by atoms with Gasteiger partial charge < -0.3 is 14.5 Å². The van der Waals surface area contributed by atoms with Gasteiger partial charge in [-0.15, -0.1) is 0 Å². The number of aryl methyl sites for hydroxylation is 1. The zero-order valence-electron chi connectivity index (χ0n) is 11.7. The molecule has 5 heteroatoms. The number of hydrogen-bond donors (Lipinski definition) is 1. The summed E-state index contributed by atoms with van der Waals surface area (Å²) in [6.07, 6.45) is 1.40. The van der Waals surface area contributed by atoms with Gasteiger partial charge in [0.05, 0.1) is 12.8 Å². The highest BCUT2D eigenvalue weighted by Crippen LogP contribution is 2.23. The lowest BCUT2D eigenvalue weighted by atomic mass is 10.2. The van der Waals surface area contributed by atoms with Gasteiger partial charge in [0.1, 0.15) is 28.9 Å². The molecule has 1 amide bonds. The normalized spacial score (nSPS) is 10.8. The van der Waals surface area contributed by atoms with Crippen LogP contribution < -0.4 is 10.1 Å². The summed E-state index contributed by atoms with van der Waals surface area (Å²) in [4.78, 5) is 12.1. The van der Waals surface area contributed by atoms with Gasteiger partial charge in [-0.2, -0.15) is 5.26 Å². The van der Waals surface area contributed by atoms with Gasteiger partial charge in [-0.25, -0.2) is 0 Å². The molecular weight excluding hydrogens is 268 g/mol. The molecule has 106 valence electrons. The van der Waals surface area contributed by atoms with Crippen molar-refractivity contribution in [1.82, 2.24) is 0 Å². The standard InChI is InChI=1S/C16H14N2O3/c1-11-7-8-13(21-11)9-12(10-17)16(19)18-14-5-3-4-6-15(14)20-2/h3-9H,1-2H3,(H,18,19)/b12-9+. The first-order valence-corrected chi connectivity index (χ1v) is 6.26. The fourth-order valence-corrected chi connectivity index (χ4v) is 1.76. The van der Waals surface area contributed by atoms with E-state index in [1.807, 2.05) is 6.07 Å². The number of anilines is 1. The molecule has 0 saturated carbocycles. The Morgan fingerprint density at radius 3 is 2.71 bits per heavy atom. The fraction of sp³-hybridized carbons (Fsp3) is 0.125. The number of amides is 1. The zero-order chi connectivity index (χ0) is 15.2. The molecule has 0 saturated heterocycles. The molecule has 0 fully saturated rings. The summed E-state index contributed by atoms with van der Waals surface area (Å²) in [6.45, 7) is 1.79. The Balaban J connectivity index is 2.22. The number of nitrogens with zero attached hydrogens (tertiary/aromatic N) is 1. The van der Waals surface area contributed by atoms with Crippen LogP contribution in [0.25, 0.3) is 6.08 Å². The molecule has 0 spiro atoms. The second kappa shape index (κ2) is 6.44. The van der Waals surface area contributed by atoms with Crippen LogP contribution in [0.15, 0.2) is 46.4 Å². The highest BCUT2D eigenvalue weighted by molar-refractivity contribution is 6.10. The van der Waals surface area contributed by atoms with Gasteiger partial charge in [0.25, 0.3) is 5.91 Å². The second-order valence-corrected chi connectivity index (χ2v) is 4.27. The lowest BCUT2D eigenvalue weighted by Gasteiger charge is -2.08. The number of para-hydroxylation sites is 2. The quantitative estimate of drug-likeness (QED) is 0.690. The minimum absolute atomic E-state index is 0.0461. The Bertz CT molecular complexity index is 723. The van der Waals surface area contributed by atoms with Gasteiger partial charge in [0, 0.05) is 6.08 Å². The molecular formula is C16H14N2O3. The molecule has 2 aromatic rings. The molecule has 1 N–H and O–H groups in total. The van der Waals surface area contributed by atoms with Crippen molar-refractivity contribution in [2.24, 2.45) is 0 Å². The average Bonchev–Trinajstić information content (AvgIpc) is 2.90. The van der Waals surface area contributed by atoms with E-state index in [4.69, 9.17) is 14.4 Å². The number of furan rings is 1. The third-order valence-corrected chi connectivity index (χ3v) is 2.77. The van der Waals surface area contributed by atoms with Crippen LogP contribution in [-0.4, -0.2) is 13.0 Å². The van der Waals surface area contributed by atoms with Gasteiger partial charge in [0.2, 0.25) is 0 Å². The van der Waals surface area contributed by atoms with E-state index in [0.717, 1.165) is 0 Å². The number of carbonyl (C=O) groups excluding carboxylic acids is 1. The van der Waals surface area contributed by atoms with Crippen LogP contribution in [-0.2, 0) is 4.79 Å². The number of carbonyl (C=O) groups is 1. The molecule has 0 radical (unpaired) electrons. The minimum atomic E-state index is -0.518. The van der Waals surface area contributed by atoms with Gasteiger partial charge >= 0.3 is 0 Å². The highest BCUT2D eigenvalue weighted by Gasteiger charge is 2.12. The van der Waals surface area contributed by atoms with E-state index in [9.17, 15) is 4.79 Å². The molecule has 5 nitrogen and oxygen atoms in total. The number of nitriles is 1. The van der Waals surface area contributed by atoms with Gasteiger partial charge in [-0.1, -0.05) is 12.1 Å². The van der Waals surface area contributed by atoms with Crippen molar-refractivity contribution in [3.63, 3.8) is 0 Å². The molecule has 0 bridgehead atoms. The van der Waals surface area contributed by atoms with E-state index >= 15 is 0 Å². The first kappa shape index (κ1) is 14.4. The van der Waals surface area contributed by atoms with E-state index in [1.165, 1.54) is 13.2 Å². The van der Waals surface area contributed by atoms with Crippen LogP contribution in [0.2, 0.25) is 0 Å². The van der Waals surface area contributed by atoms with Crippen LogP contribution in [0.3, 0.4) is 0 Å². The van der Waals surface area contributed by atoms with Gasteiger partial charge in [-0.3, -0.25) is 4.79 Å². The van der Waals surface area contributed by atoms with Crippen LogP contribution >= 0.6 is 0 Å². The largest absolute Gasteiger partial charge is 0.495 e. The summed E-state index contributed by atoms with van der Waals surface area (Å²) in [5.74, 6) is 1.18. The molecule has 0 atom stereocenters. The van der Waals surface area contributed by atoms with E-state index in [2.05, 4.69) is 5.32 Å². The molecule has 0 aliphatic carbocycles. The topological polar surface area (TPSA) is 75.3 Å². The first-order chi connectivity index (χ1) is 10.1. The van der Waals surface area contributed by atoms with E-state index in [-0.39, 0.29) is 5.57 Å². The number of hydrogen-bond acceptors (Lipinski definition) is 4. The molecule has 0 unspecified atom stereocenters. The van der Waals surface area contributed by atoms with E-state index in [0.29, 0.717) is 23.0 Å². The molecule has 1 heterocycles. The number of benzene rings is 1. The summed E-state index contributed by atoms with van der Waals surface area (Å²) >= 11 is 0. The summed E-state index contributed by atoms with van der Waals surface area (Å²) in [7, 11) is 1.51. The van der Waals surface area contributed by atoms with Crippen molar-refractivity contribution in [3.05, 3.63) is 53.5 Å². The van der Waals surface area contributed by atoms with Gasteiger partial charge in [-0.05, 0) is 31.2 Å². The van der Waals surface area contributed by atoms with Crippen molar-refractivity contribution in [2.45, 2.75) is 6.92 Å². The summed E-state index contributed by atoms with van der Waals surface area (Å²) in [5, 5.41) is 11.8. The number of methoxy groups -OCH3 is 1. The average molecular weight is 282 g/mol. The van der Waals surface area contributed by atoms with Crippen molar-refractivity contribution >= 4 is 17.7 Å². The van der Waals surface area contributed by atoms with Crippen molar-refractivity contribution in [1.29, 1.82) is 5.26 Å². The van der Waals surface area contributed by atoms with Crippen LogP contribution in [0.5, 0.6) is 5.75 Å². The monoisotopic (exact) mass is 282 g/mol. The number of nitrogens with one attached hydrogen (secondary N) is 1. The first-order valence-electron chi connectivity index (χ1n) is 6.26. The maximum atomic E-state index is 12.1. The predicted octanol–water partition coefficient (Wildman–Crippen LogP) is 3.14. The predicted molar refractivity (Wildman–Crippen MR) is 78.7 cm³/mol. The number of rotatable bonds is 4. The summed E-state index contributed by atoms with van der Waals surface area (Å²) in [5.41, 5.74) is 0.456. The SMILES string of the molecule is COc1ccccc1NC(=O)/C(C#N)=C/c1ccc(C)o1. The molecule has 1 aromatic carbocycles. The van der Waals surface area contributed by atoms with Crippen molar-refractivity contribution in [2.75, 3.05) is 12.4 Å². The maximum absolute atomic E-state index is 12.1. The maximum Gasteiger partial charge on any atom is 0.266 e. The third kappa shape index (κ3) is 3.51. The molecule has 2 rings (SSSR count). The van der Waals surface area contributed by atoms with Crippen molar-refractivity contribution < 1.29 is 13.9 Å². The lowest BCUT2D eigenvalue weighted by molar-refractivity contribution is -0.112. The molecule has 0 aliphatic heterocycles. The number of ether oxygens (including phenoxy) is 1. The van der Waals surface area contributed by atoms with Crippen LogP contribution in [0.1, 0.15) is 11.5 Å². The molecule has 0 aliphatic rings. The second-order valence-electron chi connectivity index (χ2n) is 4.27. The Hall–Kier alpha value is -3.00. The molecule has 21 heavy (non-hydrogen) atoms. The van der Waals surface area contributed by atoms with Crippen LogP contribution in [0, 0.1) is 18.3 Å².